The molecule has 2 nitrogen and oxygen atoms in total. The van der Waals surface area contributed by atoms with Gasteiger partial charge in [0, 0.05) is 10.9 Å². The lowest BCUT2D eigenvalue weighted by Gasteiger charge is -2.07. The van der Waals surface area contributed by atoms with E-state index in [0.717, 1.165) is 6.07 Å². The summed E-state index contributed by atoms with van der Waals surface area (Å²) in [6.07, 6.45) is -0.874. The van der Waals surface area contributed by atoms with Crippen molar-refractivity contribution in [1.29, 1.82) is 0 Å². The van der Waals surface area contributed by atoms with Crippen LogP contribution in [0.15, 0.2) is 53.9 Å². The number of benzene rings is 2. The maximum absolute atomic E-state index is 13.7. The van der Waals surface area contributed by atoms with Crippen molar-refractivity contribution < 1.29 is 13.9 Å². The Labute approximate surface area is 124 Å². The molecule has 2 aromatic carbocycles. The molecule has 0 aliphatic heterocycles. The molecule has 21 heavy (non-hydrogen) atoms. The summed E-state index contributed by atoms with van der Waals surface area (Å²) in [5.74, 6) is -1.84. The van der Waals surface area contributed by atoms with E-state index < -0.39 is 17.7 Å². The van der Waals surface area contributed by atoms with Crippen LogP contribution in [0.25, 0.3) is 11.3 Å². The van der Waals surface area contributed by atoms with Crippen molar-refractivity contribution in [2.75, 3.05) is 0 Å². The Kier molecular flexibility index (Phi) is 3.77. The first-order chi connectivity index (χ1) is 10.2. The fraction of sp³-hybridized carbons (Fsp3) is 0.0625. The molecule has 1 unspecified atom stereocenters. The fourth-order valence-electron chi connectivity index (χ4n) is 2.02. The first-order valence-corrected chi connectivity index (χ1v) is 7.17. The SMILES string of the molecule is OC(c1ccccc1)c1nc(-c2cccc(F)c2F)cs1. The summed E-state index contributed by atoms with van der Waals surface area (Å²) >= 11 is 1.21. The predicted octanol–water partition coefficient (Wildman–Crippen LogP) is 4.17. The predicted molar refractivity (Wildman–Crippen MR) is 78.0 cm³/mol. The van der Waals surface area contributed by atoms with Crippen molar-refractivity contribution in [1.82, 2.24) is 4.98 Å². The second-order valence-corrected chi connectivity index (χ2v) is 5.38. The number of rotatable bonds is 3. The van der Waals surface area contributed by atoms with Crippen molar-refractivity contribution in [3.05, 3.63) is 76.1 Å². The molecule has 0 amide bonds. The van der Waals surface area contributed by atoms with Crippen molar-refractivity contribution in [2.45, 2.75) is 6.10 Å². The first-order valence-electron chi connectivity index (χ1n) is 6.29. The Balaban J connectivity index is 1.95. The van der Waals surface area contributed by atoms with Crippen LogP contribution < -0.4 is 0 Å². The molecule has 3 rings (SSSR count). The van der Waals surface area contributed by atoms with E-state index in [-0.39, 0.29) is 5.56 Å². The van der Waals surface area contributed by atoms with E-state index in [0.29, 0.717) is 16.3 Å². The standard InChI is InChI=1S/C16H11F2NOS/c17-12-8-4-7-11(14(12)18)13-9-21-16(19-13)15(20)10-5-2-1-3-6-10/h1-9,15,20H. The molecule has 0 spiro atoms. The van der Waals surface area contributed by atoms with Gasteiger partial charge in [-0.3, -0.25) is 0 Å². The van der Waals surface area contributed by atoms with Crippen LogP contribution in [0.4, 0.5) is 8.78 Å². The Bertz CT molecular complexity index is 758. The average Bonchev–Trinajstić information content (AvgIpc) is 3.00. The highest BCUT2D eigenvalue weighted by atomic mass is 32.1. The zero-order chi connectivity index (χ0) is 14.8. The number of thiazole rings is 1. The number of hydrogen-bond acceptors (Lipinski definition) is 3. The van der Waals surface area contributed by atoms with Gasteiger partial charge in [-0.1, -0.05) is 36.4 Å². The third-order valence-corrected chi connectivity index (χ3v) is 4.00. The molecular formula is C16H11F2NOS. The monoisotopic (exact) mass is 303 g/mol. The molecule has 1 atom stereocenters. The second kappa shape index (κ2) is 5.71. The van der Waals surface area contributed by atoms with Gasteiger partial charge in [0.25, 0.3) is 0 Å². The van der Waals surface area contributed by atoms with Crippen LogP contribution in [0, 0.1) is 11.6 Å². The summed E-state index contributed by atoms with van der Waals surface area (Å²) in [4.78, 5) is 4.22. The highest BCUT2D eigenvalue weighted by Gasteiger charge is 2.17. The summed E-state index contributed by atoms with van der Waals surface area (Å²) in [6.45, 7) is 0. The maximum Gasteiger partial charge on any atom is 0.168 e. The molecule has 3 aromatic rings. The van der Waals surface area contributed by atoms with Gasteiger partial charge in [0.1, 0.15) is 11.1 Å². The molecule has 0 bridgehead atoms. The van der Waals surface area contributed by atoms with E-state index in [2.05, 4.69) is 4.98 Å². The van der Waals surface area contributed by atoms with E-state index in [4.69, 9.17) is 0 Å². The molecule has 0 aliphatic carbocycles. The summed E-state index contributed by atoms with van der Waals surface area (Å²) in [7, 11) is 0. The number of aliphatic hydroxyl groups excluding tert-OH is 1. The summed E-state index contributed by atoms with van der Waals surface area (Å²) < 4.78 is 27.0. The Morgan fingerprint density at radius 1 is 1.00 bits per heavy atom. The lowest BCUT2D eigenvalue weighted by atomic mass is 10.1. The normalized spacial score (nSPS) is 12.3. The minimum Gasteiger partial charge on any atom is -0.381 e. The first kappa shape index (κ1) is 13.9. The van der Waals surface area contributed by atoms with Crippen LogP contribution in [0.3, 0.4) is 0 Å². The van der Waals surface area contributed by atoms with Crippen LogP contribution in [-0.4, -0.2) is 10.1 Å². The van der Waals surface area contributed by atoms with Gasteiger partial charge in [-0.25, -0.2) is 13.8 Å². The van der Waals surface area contributed by atoms with Gasteiger partial charge in [-0.15, -0.1) is 11.3 Å². The average molecular weight is 303 g/mol. The molecule has 1 N–H and O–H groups in total. The molecule has 0 aliphatic rings. The van der Waals surface area contributed by atoms with Crippen molar-refractivity contribution in [3.8, 4) is 11.3 Å². The fourth-order valence-corrected chi connectivity index (χ4v) is 2.84. The zero-order valence-corrected chi connectivity index (χ0v) is 11.6. The Morgan fingerprint density at radius 3 is 2.52 bits per heavy atom. The van der Waals surface area contributed by atoms with Gasteiger partial charge in [-0.2, -0.15) is 0 Å². The van der Waals surface area contributed by atoms with Gasteiger partial charge in [-0.05, 0) is 17.7 Å². The quantitative estimate of drug-likeness (QED) is 0.787. The summed E-state index contributed by atoms with van der Waals surface area (Å²) in [5.41, 5.74) is 1.12. The van der Waals surface area contributed by atoms with Crippen molar-refractivity contribution in [2.24, 2.45) is 0 Å². The topological polar surface area (TPSA) is 33.1 Å². The Morgan fingerprint density at radius 2 is 1.76 bits per heavy atom. The van der Waals surface area contributed by atoms with E-state index in [1.807, 2.05) is 18.2 Å². The van der Waals surface area contributed by atoms with E-state index in [1.54, 1.807) is 17.5 Å². The third kappa shape index (κ3) is 2.70. The van der Waals surface area contributed by atoms with Crippen LogP contribution in [0.5, 0.6) is 0 Å². The molecular weight excluding hydrogens is 292 g/mol. The van der Waals surface area contributed by atoms with Gasteiger partial charge in [0.2, 0.25) is 0 Å². The minimum absolute atomic E-state index is 0.0951. The van der Waals surface area contributed by atoms with Gasteiger partial charge in [0.05, 0.1) is 5.69 Å². The lowest BCUT2D eigenvalue weighted by molar-refractivity contribution is 0.220. The summed E-state index contributed by atoms with van der Waals surface area (Å²) in [6, 6.07) is 13.0. The van der Waals surface area contributed by atoms with E-state index in [1.165, 1.54) is 23.5 Å². The number of halogens is 2. The number of aliphatic hydroxyl groups is 1. The van der Waals surface area contributed by atoms with Crippen molar-refractivity contribution in [3.63, 3.8) is 0 Å². The highest BCUT2D eigenvalue weighted by Crippen LogP contribution is 2.30. The lowest BCUT2D eigenvalue weighted by Crippen LogP contribution is -1.98. The highest BCUT2D eigenvalue weighted by molar-refractivity contribution is 7.10. The van der Waals surface area contributed by atoms with Crippen LogP contribution in [0.2, 0.25) is 0 Å². The number of nitrogens with zero attached hydrogens (tertiary/aromatic N) is 1. The Hall–Kier alpha value is -2.11. The largest absolute Gasteiger partial charge is 0.381 e. The molecule has 0 fully saturated rings. The molecule has 106 valence electrons. The molecule has 0 radical (unpaired) electrons. The van der Waals surface area contributed by atoms with Crippen LogP contribution in [0.1, 0.15) is 16.7 Å². The zero-order valence-electron chi connectivity index (χ0n) is 10.8. The maximum atomic E-state index is 13.7. The van der Waals surface area contributed by atoms with Gasteiger partial charge >= 0.3 is 0 Å². The molecule has 0 saturated heterocycles. The van der Waals surface area contributed by atoms with Gasteiger partial charge in [0.15, 0.2) is 11.6 Å². The summed E-state index contributed by atoms with van der Waals surface area (Å²) in [5, 5.41) is 12.3. The molecule has 1 heterocycles. The smallest absolute Gasteiger partial charge is 0.168 e. The van der Waals surface area contributed by atoms with E-state index >= 15 is 0 Å². The molecule has 5 heteroatoms. The molecule has 0 saturated carbocycles. The second-order valence-electron chi connectivity index (χ2n) is 4.49. The van der Waals surface area contributed by atoms with Gasteiger partial charge < -0.3 is 5.11 Å². The van der Waals surface area contributed by atoms with Crippen molar-refractivity contribution >= 4 is 11.3 Å². The molecule has 1 aromatic heterocycles. The third-order valence-electron chi connectivity index (χ3n) is 3.10. The number of aromatic nitrogens is 1. The minimum atomic E-state index is -0.927. The van der Waals surface area contributed by atoms with E-state index in [9.17, 15) is 13.9 Å². The van der Waals surface area contributed by atoms with Crippen LogP contribution >= 0.6 is 11.3 Å². The van der Waals surface area contributed by atoms with Crippen LogP contribution in [-0.2, 0) is 0 Å². The number of hydrogen-bond donors (Lipinski definition) is 1.